The molecule has 19 heavy (non-hydrogen) atoms. The molecule has 0 fully saturated rings. The van der Waals surface area contributed by atoms with Crippen molar-refractivity contribution in [2.45, 2.75) is 0 Å². The molecule has 98 valence electrons. The van der Waals surface area contributed by atoms with Crippen molar-refractivity contribution >= 4 is 19.7 Å². The molecule has 5 heteroatoms. The van der Waals surface area contributed by atoms with Gasteiger partial charge in [0.15, 0.2) is 0 Å². The molecule has 2 aromatic rings. The van der Waals surface area contributed by atoms with Crippen LogP contribution in [0.25, 0.3) is 11.8 Å². The van der Waals surface area contributed by atoms with E-state index < -0.39 is 7.82 Å². The molecule has 4 nitrogen and oxygen atoms in total. The second-order valence-corrected chi connectivity index (χ2v) is 5.03. The van der Waals surface area contributed by atoms with Gasteiger partial charge in [-0.1, -0.05) is 60.7 Å². The molecule has 0 aliphatic carbocycles. The van der Waals surface area contributed by atoms with Crippen LogP contribution in [0.3, 0.4) is 0 Å². The van der Waals surface area contributed by atoms with E-state index in [9.17, 15) is 4.57 Å². The monoisotopic (exact) mass is 276 g/mol. The lowest BCUT2D eigenvalue weighted by Gasteiger charge is -2.11. The first kappa shape index (κ1) is 13.6. The Morgan fingerprint density at radius 1 is 0.947 bits per heavy atom. The Balaban J connectivity index is 2.41. The summed E-state index contributed by atoms with van der Waals surface area (Å²) in [5, 5.41) is 0. The summed E-state index contributed by atoms with van der Waals surface area (Å²) in [5.74, 6) is 0.139. The summed E-state index contributed by atoms with van der Waals surface area (Å²) in [6, 6.07) is 18.0. The molecule has 0 heterocycles. The molecule has 0 unspecified atom stereocenters. The molecular formula is C14H13O4P. The summed E-state index contributed by atoms with van der Waals surface area (Å²) in [6.07, 6.45) is 1.59. The summed E-state index contributed by atoms with van der Waals surface area (Å²) in [7, 11) is -4.59. The van der Waals surface area contributed by atoms with Crippen molar-refractivity contribution in [1.29, 1.82) is 0 Å². The van der Waals surface area contributed by atoms with E-state index in [0.717, 1.165) is 5.56 Å². The third kappa shape index (κ3) is 4.38. The highest BCUT2D eigenvalue weighted by atomic mass is 31.2. The second kappa shape index (κ2) is 5.85. The van der Waals surface area contributed by atoms with Gasteiger partial charge in [0.1, 0.15) is 5.76 Å². The fourth-order valence-electron chi connectivity index (χ4n) is 1.59. The number of phosphoric ester groups is 1. The Labute approximate surface area is 111 Å². The lowest BCUT2D eigenvalue weighted by molar-refractivity contribution is 0.270. The summed E-state index contributed by atoms with van der Waals surface area (Å²) in [6.45, 7) is 0. The van der Waals surface area contributed by atoms with Gasteiger partial charge in [0.2, 0.25) is 0 Å². The maximum Gasteiger partial charge on any atom is 0.524 e. The van der Waals surface area contributed by atoms with E-state index >= 15 is 0 Å². The maximum atomic E-state index is 11.0. The first-order chi connectivity index (χ1) is 9.04. The molecular weight excluding hydrogens is 263 g/mol. The van der Waals surface area contributed by atoms with Crippen LogP contribution in [-0.2, 0) is 9.09 Å². The molecule has 0 saturated carbocycles. The van der Waals surface area contributed by atoms with E-state index in [2.05, 4.69) is 0 Å². The van der Waals surface area contributed by atoms with Crippen molar-refractivity contribution in [1.82, 2.24) is 0 Å². The Hall–Kier alpha value is -1.87. The molecule has 0 bridgehead atoms. The predicted octanol–water partition coefficient (Wildman–Crippen LogP) is 3.29. The molecule has 2 N–H and O–H groups in total. The van der Waals surface area contributed by atoms with Crippen LogP contribution < -0.4 is 0 Å². The average molecular weight is 276 g/mol. The largest absolute Gasteiger partial charge is 0.524 e. The highest BCUT2D eigenvalue weighted by molar-refractivity contribution is 7.46. The minimum absolute atomic E-state index is 0.139. The quantitative estimate of drug-likeness (QED) is 0.511. The van der Waals surface area contributed by atoms with Crippen LogP contribution in [0.1, 0.15) is 11.1 Å². The number of benzene rings is 2. The van der Waals surface area contributed by atoms with E-state index in [4.69, 9.17) is 14.3 Å². The molecule has 0 atom stereocenters. The lowest BCUT2D eigenvalue weighted by atomic mass is 10.1. The molecule has 0 amide bonds. The van der Waals surface area contributed by atoms with Crippen LogP contribution in [0, 0.1) is 0 Å². The highest BCUT2D eigenvalue weighted by Gasteiger charge is 2.18. The molecule has 0 spiro atoms. The number of phosphoric acid groups is 1. The van der Waals surface area contributed by atoms with Gasteiger partial charge in [-0.3, -0.25) is 9.79 Å². The summed E-state index contributed by atoms with van der Waals surface area (Å²) < 4.78 is 15.8. The zero-order valence-electron chi connectivity index (χ0n) is 10.0. The van der Waals surface area contributed by atoms with Crippen LogP contribution in [-0.4, -0.2) is 9.79 Å². The molecule has 0 aliphatic heterocycles. The van der Waals surface area contributed by atoms with Crippen molar-refractivity contribution in [3.63, 3.8) is 0 Å². The zero-order chi connectivity index (χ0) is 13.7. The van der Waals surface area contributed by atoms with Crippen molar-refractivity contribution in [2.24, 2.45) is 0 Å². The molecule has 0 saturated heterocycles. The lowest BCUT2D eigenvalue weighted by Crippen LogP contribution is -1.90. The van der Waals surface area contributed by atoms with E-state index in [0.29, 0.717) is 5.56 Å². The maximum absolute atomic E-state index is 11.0. The summed E-state index contributed by atoms with van der Waals surface area (Å²) in [4.78, 5) is 18.0. The van der Waals surface area contributed by atoms with Gasteiger partial charge in [-0.05, 0) is 11.6 Å². The molecule has 2 aromatic carbocycles. The third-order valence-corrected chi connectivity index (χ3v) is 2.81. The number of hydrogen-bond donors (Lipinski definition) is 2. The van der Waals surface area contributed by atoms with E-state index in [1.165, 1.54) is 0 Å². The van der Waals surface area contributed by atoms with Crippen molar-refractivity contribution < 1.29 is 18.9 Å². The molecule has 0 aromatic heterocycles. The number of hydrogen-bond acceptors (Lipinski definition) is 2. The minimum atomic E-state index is -4.59. The van der Waals surface area contributed by atoms with Gasteiger partial charge < -0.3 is 4.52 Å². The van der Waals surface area contributed by atoms with Crippen LogP contribution >= 0.6 is 7.82 Å². The Bertz CT molecular complexity index is 602. The summed E-state index contributed by atoms with van der Waals surface area (Å²) in [5.41, 5.74) is 1.41. The average Bonchev–Trinajstić information content (AvgIpc) is 2.39. The SMILES string of the molecule is O=P(O)(O)OC(=Cc1ccccc1)c1ccccc1. The van der Waals surface area contributed by atoms with Crippen molar-refractivity contribution in [3.8, 4) is 0 Å². The minimum Gasteiger partial charge on any atom is -0.404 e. The van der Waals surface area contributed by atoms with E-state index in [1.807, 2.05) is 36.4 Å². The van der Waals surface area contributed by atoms with Crippen LogP contribution in [0.15, 0.2) is 60.7 Å². The van der Waals surface area contributed by atoms with Crippen molar-refractivity contribution in [3.05, 3.63) is 71.8 Å². The Morgan fingerprint density at radius 3 is 2.00 bits per heavy atom. The summed E-state index contributed by atoms with van der Waals surface area (Å²) >= 11 is 0. The van der Waals surface area contributed by atoms with Gasteiger partial charge in [-0.15, -0.1) is 0 Å². The normalized spacial score (nSPS) is 12.2. The standard InChI is InChI=1S/C14H13O4P/c15-19(16,17)18-14(13-9-5-2-6-10-13)11-12-7-3-1-4-8-12/h1-11H,(H2,15,16,17). The molecule has 0 radical (unpaired) electrons. The van der Waals surface area contributed by atoms with Gasteiger partial charge >= 0.3 is 7.82 Å². The fourth-order valence-corrected chi connectivity index (χ4v) is 2.01. The Morgan fingerprint density at radius 2 is 1.47 bits per heavy atom. The third-order valence-electron chi connectivity index (χ3n) is 2.37. The smallest absolute Gasteiger partial charge is 0.404 e. The zero-order valence-corrected chi connectivity index (χ0v) is 10.9. The van der Waals surface area contributed by atoms with Gasteiger partial charge in [-0.25, -0.2) is 4.57 Å². The predicted molar refractivity (Wildman–Crippen MR) is 73.9 cm³/mol. The topological polar surface area (TPSA) is 66.8 Å². The number of rotatable bonds is 4. The second-order valence-electron chi connectivity index (χ2n) is 3.87. The molecule has 0 aliphatic rings. The van der Waals surface area contributed by atoms with Gasteiger partial charge in [0.25, 0.3) is 0 Å². The van der Waals surface area contributed by atoms with Crippen LogP contribution in [0.2, 0.25) is 0 Å². The first-order valence-electron chi connectivity index (χ1n) is 5.62. The Kier molecular flexibility index (Phi) is 4.17. The first-order valence-corrected chi connectivity index (χ1v) is 7.15. The molecule has 2 rings (SSSR count). The van der Waals surface area contributed by atoms with Crippen molar-refractivity contribution in [2.75, 3.05) is 0 Å². The van der Waals surface area contributed by atoms with Gasteiger partial charge in [-0.2, -0.15) is 0 Å². The van der Waals surface area contributed by atoms with E-state index in [-0.39, 0.29) is 5.76 Å². The van der Waals surface area contributed by atoms with Crippen LogP contribution in [0.4, 0.5) is 0 Å². The van der Waals surface area contributed by atoms with Crippen LogP contribution in [0.5, 0.6) is 0 Å². The van der Waals surface area contributed by atoms with E-state index in [1.54, 1.807) is 30.3 Å². The fraction of sp³-hybridized carbons (Fsp3) is 0. The van der Waals surface area contributed by atoms with Gasteiger partial charge in [0, 0.05) is 5.56 Å². The highest BCUT2D eigenvalue weighted by Crippen LogP contribution is 2.42. The van der Waals surface area contributed by atoms with Gasteiger partial charge in [0.05, 0.1) is 0 Å².